The lowest BCUT2D eigenvalue weighted by Crippen LogP contribution is -2.82. The van der Waals surface area contributed by atoms with Crippen LogP contribution in [0.3, 0.4) is 0 Å². The summed E-state index contributed by atoms with van der Waals surface area (Å²) in [6, 6.07) is 5.00. The molecule has 5 heteroatoms. The highest BCUT2D eigenvalue weighted by Crippen LogP contribution is 2.77. The van der Waals surface area contributed by atoms with E-state index in [2.05, 4.69) is 24.0 Å². The van der Waals surface area contributed by atoms with E-state index in [1.165, 1.54) is 69.0 Å². The first-order valence-electron chi connectivity index (χ1n) is 15.8. The molecule has 1 saturated heterocycles. The van der Waals surface area contributed by atoms with E-state index in [0.717, 1.165) is 56.1 Å². The predicted octanol–water partition coefficient (Wildman–Crippen LogP) is 5.64. The zero-order valence-corrected chi connectivity index (χ0v) is 23.8. The van der Waals surface area contributed by atoms with E-state index in [1.54, 1.807) is 7.11 Å². The first-order chi connectivity index (χ1) is 18.4. The van der Waals surface area contributed by atoms with Crippen molar-refractivity contribution in [1.29, 1.82) is 0 Å². The fourth-order valence-electron chi connectivity index (χ4n) is 11.4. The summed E-state index contributed by atoms with van der Waals surface area (Å²) >= 11 is 0. The van der Waals surface area contributed by atoms with Gasteiger partial charge in [0.2, 0.25) is 0 Å². The zero-order valence-electron chi connectivity index (χ0n) is 23.8. The van der Waals surface area contributed by atoms with E-state index in [1.807, 2.05) is 7.11 Å². The van der Waals surface area contributed by atoms with Crippen molar-refractivity contribution in [1.82, 2.24) is 4.90 Å². The molecular weight excluding hydrogens is 474 g/mol. The lowest BCUT2D eigenvalue weighted by molar-refractivity contribution is -0.303. The number of rotatable bonds is 7. The second-order valence-corrected chi connectivity index (χ2v) is 14.6. The Labute approximate surface area is 228 Å². The second-order valence-electron chi connectivity index (χ2n) is 14.6. The molecule has 1 aromatic carbocycles. The minimum atomic E-state index is -0.759. The number of hydrogen-bond acceptors (Lipinski definition) is 5. The lowest BCUT2D eigenvalue weighted by Gasteiger charge is -2.75. The average molecular weight is 522 g/mol. The number of piperidine rings is 1. The van der Waals surface area contributed by atoms with E-state index in [0.29, 0.717) is 12.0 Å². The second kappa shape index (κ2) is 8.13. The van der Waals surface area contributed by atoms with Gasteiger partial charge in [0.15, 0.2) is 11.5 Å². The molecule has 9 rings (SSSR count). The summed E-state index contributed by atoms with van der Waals surface area (Å²) in [4.78, 5) is 2.89. The van der Waals surface area contributed by atoms with Crippen LogP contribution in [0.5, 0.6) is 11.5 Å². The molecular formula is C33H47NO4. The maximum atomic E-state index is 12.5. The summed E-state index contributed by atoms with van der Waals surface area (Å²) in [5, 5.41) is 12.5. The number of likely N-dealkylation sites (tertiary alicyclic amines) is 1. The molecule has 8 aliphatic rings. The Hall–Kier alpha value is -1.30. The van der Waals surface area contributed by atoms with Gasteiger partial charge in [-0.2, -0.15) is 0 Å². The molecule has 2 heterocycles. The largest absolute Gasteiger partial charge is 0.493 e. The summed E-state index contributed by atoms with van der Waals surface area (Å²) < 4.78 is 19.8. The van der Waals surface area contributed by atoms with Gasteiger partial charge in [-0.25, -0.2) is 0 Å². The van der Waals surface area contributed by atoms with Crippen molar-refractivity contribution in [3.05, 3.63) is 23.3 Å². The molecule has 7 atom stereocenters. The number of aliphatic hydroxyl groups is 1. The van der Waals surface area contributed by atoms with Crippen molar-refractivity contribution in [3.8, 4) is 11.5 Å². The standard InChI is InChI=1S/C33H47NO4/c1-30(35,18-21-7-5-4-6-8-21)25-19-31-13-14-33(25,37-3)29-32(31)15-16-34(20-22-9-10-22)26(31)17-23-11-12-24(36-2)28(38-29)27(23)32/h11-12,21-22,25-26,29,35H,4-10,13-20H2,1-3H3/t25-,26-,29-,30+,31-,32+,33-/m1/s1. The van der Waals surface area contributed by atoms with Gasteiger partial charge in [0, 0.05) is 42.0 Å². The monoisotopic (exact) mass is 521 g/mol. The smallest absolute Gasteiger partial charge is 0.165 e. The maximum absolute atomic E-state index is 12.5. The highest BCUT2D eigenvalue weighted by atomic mass is 16.6. The molecule has 5 nitrogen and oxygen atoms in total. The minimum absolute atomic E-state index is 0.0408. The summed E-state index contributed by atoms with van der Waals surface area (Å²) in [7, 11) is 3.69. The van der Waals surface area contributed by atoms with Crippen LogP contribution >= 0.6 is 0 Å². The number of benzene rings is 1. The third-order valence-corrected chi connectivity index (χ3v) is 13.0. The third-order valence-electron chi connectivity index (χ3n) is 13.0. The molecule has 0 unspecified atom stereocenters. The van der Waals surface area contributed by atoms with Crippen LogP contribution in [-0.4, -0.2) is 60.7 Å². The van der Waals surface area contributed by atoms with Crippen molar-refractivity contribution in [3.63, 3.8) is 0 Å². The van der Waals surface area contributed by atoms with Crippen LogP contribution in [0, 0.1) is 23.2 Å². The predicted molar refractivity (Wildman–Crippen MR) is 147 cm³/mol. The van der Waals surface area contributed by atoms with Gasteiger partial charge in [0.05, 0.1) is 12.7 Å². The van der Waals surface area contributed by atoms with Crippen molar-refractivity contribution < 1.29 is 19.3 Å². The molecule has 6 aliphatic carbocycles. The Kier molecular flexibility index (Phi) is 5.24. The minimum Gasteiger partial charge on any atom is -0.493 e. The molecule has 5 saturated carbocycles. The molecule has 6 fully saturated rings. The zero-order chi connectivity index (χ0) is 25.9. The lowest BCUT2D eigenvalue weighted by atomic mass is 9.33. The van der Waals surface area contributed by atoms with E-state index >= 15 is 0 Å². The van der Waals surface area contributed by atoms with Crippen LogP contribution < -0.4 is 9.47 Å². The molecule has 38 heavy (non-hydrogen) atoms. The molecule has 2 spiro atoms. The van der Waals surface area contributed by atoms with Gasteiger partial charge in [0.1, 0.15) is 11.7 Å². The Bertz CT molecular complexity index is 1120. The molecule has 4 bridgehead atoms. The topological polar surface area (TPSA) is 51.2 Å². The van der Waals surface area contributed by atoms with Crippen LogP contribution in [0.2, 0.25) is 0 Å². The molecule has 0 aromatic heterocycles. The van der Waals surface area contributed by atoms with E-state index < -0.39 is 11.2 Å². The van der Waals surface area contributed by atoms with Gasteiger partial charge in [-0.1, -0.05) is 38.2 Å². The molecule has 0 radical (unpaired) electrons. The van der Waals surface area contributed by atoms with Gasteiger partial charge in [-0.3, -0.25) is 4.90 Å². The molecule has 1 aromatic rings. The quantitative estimate of drug-likeness (QED) is 0.503. The Morgan fingerprint density at radius 3 is 2.61 bits per heavy atom. The number of nitrogens with zero attached hydrogens (tertiary/aromatic N) is 1. The normalized spacial score (nSPS) is 42.9. The summed E-state index contributed by atoms with van der Waals surface area (Å²) in [5.41, 5.74) is 1.78. The fourth-order valence-corrected chi connectivity index (χ4v) is 11.4. The Morgan fingerprint density at radius 2 is 1.87 bits per heavy atom. The highest BCUT2D eigenvalue weighted by molar-refractivity contribution is 5.63. The number of hydrogen-bond donors (Lipinski definition) is 1. The van der Waals surface area contributed by atoms with E-state index in [-0.39, 0.29) is 22.9 Å². The average Bonchev–Trinajstić information content (AvgIpc) is 3.67. The summed E-state index contributed by atoms with van der Waals surface area (Å²) in [6.07, 6.45) is 15.6. The van der Waals surface area contributed by atoms with Crippen LogP contribution in [0.4, 0.5) is 0 Å². The van der Waals surface area contributed by atoms with E-state index in [4.69, 9.17) is 14.2 Å². The summed E-state index contributed by atoms with van der Waals surface area (Å²) in [5.74, 6) is 3.46. The molecule has 2 aliphatic heterocycles. The van der Waals surface area contributed by atoms with E-state index in [9.17, 15) is 5.11 Å². The first kappa shape index (κ1) is 24.5. The molecule has 0 amide bonds. The Morgan fingerprint density at radius 1 is 1.05 bits per heavy atom. The molecule has 208 valence electrons. The fraction of sp³-hybridized carbons (Fsp3) is 0.818. The van der Waals surface area contributed by atoms with Crippen molar-refractivity contribution >= 4 is 0 Å². The highest BCUT2D eigenvalue weighted by Gasteiger charge is 2.82. The number of ether oxygens (including phenoxy) is 3. The number of methoxy groups -OCH3 is 2. The molecule has 1 N–H and O–H groups in total. The van der Waals surface area contributed by atoms with Gasteiger partial charge >= 0.3 is 0 Å². The van der Waals surface area contributed by atoms with Crippen LogP contribution in [0.25, 0.3) is 0 Å². The van der Waals surface area contributed by atoms with Gasteiger partial charge in [-0.05, 0) is 88.3 Å². The summed E-state index contributed by atoms with van der Waals surface area (Å²) in [6.45, 7) is 4.57. The van der Waals surface area contributed by atoms with Gasteiger partial charge in [-0.15, -0.1) is 0 Å². The van der Waals surface area contributed by atoms with Crippen molar-refractivity contribution in [2.24, 2.45) is 23.2 Å². The van der Waals surface area contributed by atoms with Crippen molar-refractivity contribution in [2.45, 2.75) is 119 Å². The Balaban J connectivity index is 1.28. The maximum Gasteiger partial charge on any atom is 0.165 e. The van der Waals surface area contributed by atoms with Gasteiger partial charge in [0.25, 0.3) is 0 Å². The first-order valence-corrected chi connectivity index (χ1v) is 15.8. The van der Waals surface area contributed by atoms with Gasteiger partial charge < -0.3 is 19.3 Å². The van der Waals surface area contributed by atoms with Crippen LogP contribution in [0.1, 0.15) is 95.1 Å². The SMILES string of the molecule is COc1ccc2c3c1O[C@H]1[C@@]4(OC)CC[C@@]5(C[C@@H]4[C@@](C)(O)CC4CCCCC4)[C@@H](C2)N(CC2CC2)CC[C@]315. The van der Waals surface area contributed by atoms with Crippen LogP contribution in [-0.2, 0) is 16.6 Å². The van der Waals surface area contributed by atoms with Crippen LogP contribution in [0.15, 0.2) is 12.1 Å². The number of fused-ring (bicyclic) bond motifs is 2. The third kappa shape index (κ3) is 2.94. The van der Waals surface area contributed by atoms with Crippen molar-refractivity contribution in [2.75, 3.05) is 27.3 Å².